The van der Waals surface area contributed by atoms with E-state index in [2.05, 4.69) is 5.10 Å². The predicted octanol–water partition coefficient (Wildman–Crippen LogP) is 3.19. The zero-order chi connectivity index (χ0) is 14.5. The average molecular weight is 280 g/mol. The number of ether oxygens (including phenoxy) is 1. The van der Waals surface area contributed by atoms with Gasteiger partial charge in [0.2, 0.25) is 0 Å². The van der Waals surface area contributed by atoms with Crippen LogP contribution in [-0.4, -0.2) is 17.1 Å². The summed E-state index contributed by atoms with van der Waals surface area (Å²) in [7, 11) is 1.66. The molecule has 0 saturated heterocycles. The minimum absolute atomic E-state index is 0.463. The molecule has 0 saturated carbocycles. The summed E-state index contributed by atoms with van der Waals surface area (Å²) < 4.78 is 5.39. The fourth-order valence-corrected chi connectivity index (χ4v) is 2.15. The van der Waals surface area contributed by atoms with Gasteiger partial charge in [-0.2, -0.15) is 0 Å². The lowest BCUT2D eigenvalue weighted by atomic mass is 10.1. The molecule has 0 unspecified atom stereocenters. The summed E-state index contributed by atoms with van der Waals surface area (Å²) in [5.41, 5.74) is 2.91. The Morgan fingerprint density at radius 3 is 2.52 bits per heavy atom. The van der Waals surface area contributed by atoms with Gasteiger partial charge in [-0.1, -0.05) is 47.3 Å². The van der Waals surface area contributed by atoms with Gasteiger partial charge in [0.15, 0.2) is 0 Å². The van der Waals surface area contributed by atoms with Crippen LogP contribution in [0, 0.1) is 0 Å². The van der Waals surface area contributed by atoms with Crippen LogP contribution in [0.4, 0.5) is 0 Å². The highest BCUT2D eigenvalue weighted by Crippen LogP contribution is 2.28. The molecule has 0 bridgehead atoms. The Hall–Kier alpha value is -2.75. The molecule has 4 heteroatoms. The van der Waals surface area contributed by atoms with E-state index in [0.717, 1.165) is 22.6 Å². The number of aromatic nitrogens is 2. The van der Waals surface area contributed by atoms with Crippen LogP contribution in [0.2, 0.25) is 0 Å². The summed E-state index contributed by atoms with van der Waals surface area (Å²) in [6.45, 7) is 0.463. The molecule has 2 aromatic carbocycles. The molecular formula is C17H16N2O2. The fourth-order valence-electron chi connectivity index (χ4n) is 2.15. The van der Waals surface area contributed by atoms with E-state index >= 15 is 0 Å². The Morgan fingerprint density at radius 2 is 1.71 bits per heavy atom. The van der Waals surface area contributed by atoms with Crippen LogP contribution in [0.5, 0.6) is 5.75 Å². The molecule has 0 fully saturated rings. The Bertz CT molecular complexity index is 708. The number of methoxy groups -OCH3 is 1. The molecule has 4 nitrogen and oxygen atoms in total. The van der Waals surface area contributed by atoms with Crippen LogP contribution in [0.1, 0.15) is 5.56 Å². The van der Waals surface area contributed by atoms with Crippen LogP contribution >= 0.6 is 0 Å². The molecule has 0 amide bonds. The van der Waals surface area contributed by atoms with Crippen LogP contribution in [-0.2, 0) is 6.61 Å². The Balaban J connectivity index is 1.84. The second kappa shape index (κ2) is 6.13. The zero-order valence-corrected chi connectivity index (χ0v) is 11.8. The highest BCUT2D eigenvalue weighted by atomic mass is 16.7. The van der Waals surface area contributed by atoms with Gasteiger partial charge in [-0.25, -0.2) is 0 Å². The number of hydrogen-bond acceptors (Lipinski definition) is 3. The monoisotopic (exact) mass is 280 g/mol. The maximum Gasteiger partial charge on any atom is 0.142 e. The van der Waals surface area contributed by atoms with Crippen LogP contribution in [0.3, 0.4) is 0 Å². The van der Waals surface area contributed by atoms with Crippen molar-refractivity contribution in [3.05, 3.63) is 72.4 Å². The molecule has 3 aromatic rings. The van der Waals surface area contributed by atoms with Crippen molar-refractivity contribution in [3.8, 4) is 17.0 Å². The standard InChI is InChI=1S/C17H16N2O2/c1-20-17-10-6-5-9-15(17)16-11-12-18-19(16)21-13-14-7-3-2-4-8-14/h2-12H,13H2,1H3. The third kappa shape index (κ3) is 2.89. The molecule has 1 heterocycles. The van der Waals surface area contributed by atoms with Gasteiger partial charge in [0, 0.05) is 5.56 Å². The third-order valence-corrected chi connectivity index (χ3v) is 3.19. The third-order valence-electron chi connectivity index (χ3n) is 3.19. The first kappa shape index (κ1) is 13.2. The van der Waals surface area contributed by atoms with Gasteiger partial charge in [-0.15, -0.1) is 5.10 Å². The van der Waals surface area contributed by atoms with Crippen molar-refractivity contribution in [2.45, 2.75) is 6.61 Å². The quantitative estimate of drug-likeness (QED) is 0.720. The summed E-state index contributed by atoms with van der Waals surface area (Å²) >= 11 is 0. The molecule has 0 radical (unpaired) electrons. The van der Waals surface area contributed by atoms with E-state index in [1.54, 1.807) is 13.3 Å². The van der Waals surface area contributed by atoms with Crippen molar-refractivity contribution in [1.82, 2.24) is 9.94 Å². The second-order valence-electron chi connectivity index (χ2n) is 4.55. The number of benzene rings is 2. The molecule has 0 aliphatic rings. The van der Waals surface area contributed by atoms with Gasteiger partial charge in [-0.3, -0.25) is 0 Å². The van der Waals surface area contributed by atoms with E-state index in [4.69, 9.17) is 9.57 Å². The highest BCUT2D eigenvalue weighted by molar-refractivity contribution is 5.66. The summed E-state index contributed by atoms with van der Waals surface area (Å²) in [4.78, 5) is 7.30. The highest BCUT2D eigenvalue weighted by Gasteiger charge is 2.11. The molecule has 1 aromatic heterocycles. The molecule has 0 aliphatic carbocycles. The lowest BCUT2D eigenvalue weighted by molar-refractivity contribution is 0.0736. The predicted molar refractivity (Wildman–Crippen MR) is 80.9 cm³/mol. The van der Waals surface area contributed by atoms with Crippen molar-refractivity contribution in [2.75, 3.05) is 7.11 Å². The second-order valence-corrected chi connectivity index (χ2v) is 4.55. The first-order chi connectivity index (χ1) is 10.4. The number of rotatable bonds is 5. The SMILES string of the molecule is COc1ccccc1-c1ccnn1OCc1ccccc1. The van der Waals surface area contributed by atoms with E-state index in [9.17, 15) is 0 Å². The first-order valence-corrected chi connectivity index (χ1v) is 6.73. The van der Waals surface area contributed by atoms with Crippen molar-refractivity contribution >= 4 is 0 Å². The maximum atomic E-state index is 5.77. The molecule has 106 valence electrons. The van der Waals surface area contributed by atoms with Gasteiger partial charge in [0.1, 0.15) is 18.1 Å². The summed E-state index contributed by atoms with van der Waals surface area (Å²) in [5.74, 6) is 0.794. The molecule has 3 rings (SSSR count). The Morgan fingerprint density at radius 1 is 0.952 bits per heavy atom. The van der Waals surface area contributed by atoms with Crippen molar-refractivity contribution < 1.29 is 9.57 Å². The maximum absolute atomic E-state index is 5.77. The van der Waals surface area contributed by atoms with E-state index in [0.29, 0.717) is 6.61 Å². The fraction of sp³-hybridized carbons (Fsp3) is 0.118. The topological polar surface area (TPSA) is 36.3 Å². The van der Waals surface area contributed by atoms with Crippen molar-refractivity contribution in [3.63, 3.8) is 0 Å². The van der Waals surface area contributed by atoms with Gasteiger partial charge in [-0.05, 0) is 23.8 Å². The number of hydrogen-bond donors (Lipinski definition) is 0. The zero-order valence-electron chi connectivity index (χ0n) is 11.8. The minimum atomic E-state index is 0.463. The van der Waals surface area contributed by atoms with E-state index in [1.807, 2.05) is 60.7 Å². The molecule has 21 heavy (non-hydrogen) atoms. The van der Waals surface area contributed by atoms with Crippen LogP contribution in [0.15, 0.2) is 66.9 Å². The molecule has 0 atom stereocenters. The van der Waals surface area contributed by atoms with Crippen molar-refractivity contribution in [1.29, 1.82) is 0 Å². The largest absolute Gasteiger partial charge is 0.496 e. The Kier molecular flexibility index (Phi) is 3.87. The summed E-state index contributed by atoms with van der Waals surface area (Å²) in [6.07, 6.45) is 1.72. The molecule has 0 aliphatic heterocycles. The molecular weight excluding hydrogens is 264 g/mol. The van der Waals surface area contributed by atoms with Crippen molar-refractivity contribution in [2.24, 2.45) is 0 Å². The number of para-hydroxylation sites is 1. The average Bonchev–Trinajstić information content (AvgIpc) is 3.02. The van der Waals surface area contributed by atoms with Gasteiger partial charge < -0.3 is 9.57 Å². The van der Waals surface area contributed by atoms with E-state index < -0.39 is 0 Å². The first-order valence-electron chi connectivity index (χ1n) is 6.73. The van der Waals surface area contributed by atoms with Gasteiger partial charge in [0.25, 0.3) is 0 Å². The summed E-state index contributed by atoms with van der Waals surface area (Å²) in [6, 6.07) is 19.7. The van der Waals surface area contributed by atoms with E-state index in [1.165, 1.54) is 4.85 Å². The lowest BCUT2D eigenvalue weighted by Crippen LogP contribution is -2.14. The van der Waals surface area contributed by atoms with Crippen LogP contribution in [0.25, 0.3) is 11.3 Å². The van der Waals surface area contributed by atoms with Gasteiger partial charge >= 0.3 is 0 Å². The van der Waals surface area contributed by atoms with Crippen LogP contribution < -0.4 is 9.57 Å². The summed E-state index contributed by atoms with van der Waals surface area (Å²) in [5, 5.41) is 4.22. The van der Waals surface area contributed by atoms with Gasteiger partial charge in [0.05, 0.1) is 13.3 Å². The van der Waals surface area contributed by atoms with E-state index in [-0.39, 0.29) is 0 Å². The Labute approximate surface area is 123 Å². The minimum Gasteiger partial charge on any atom is -0.496 e. The number of nitrogens with zero attached hydrogens (tertiary/aromatic N) is 2. The molecule has 0 spiro atoms. The lowest BCUT2D eigenvalue weighted by Gasteiger charge is -2.11. The molecule has 0 N–H and O–H groups in total. The smallest absolute Gasteiger partial charge is 0.142 e. The normalized spacial score (nSPS) is 10.3.